The predicted octanol–water partition coefficient (Wildman–Crippen LogP) is 5.16. The number of nitrogens with one attached hydrogen (secondary N) is 1. The lowest BCUT2D eigenvalue weighted by molar-refractivity contribution is 0.0537. The van der Waals surface area contributed by atoms with Crippen molar-refractivity contribution in [1.82, 2.24) is 4.98 Å². The van der Waals surface area contributed by atoms with E-state index in [-0.39, 0.29) is 17.8 Å². The summed E-state index contributed by atoms with van der Waals surface area (Å²) < 4.78 is 11.1. The molecule has 0 bridgehead atoms. The Labute approximate surface area is 157 Å². The van der Waals surface area contributed by atoms with E-state index in [1.807, 2.05) is 50.2 Å². The molecule has 0 aliphatic heterocycles. The van der Waals surface area contributed by atoms with Gasteiger partial charge in [-0.05, 0) is 37.4 Å². The second-order valence-corrected chi connectivity index (χ2v) is 6.62. The molecule has 0 atom stereocenters. The second kappa shape index (κ2) is 7.21. The molecule has 0 fully saturated rings. The minimum absolute atomic E-state index is 0.102. The number of hydrogen-bond donors (Lipinski definition) is 1. The Bertz CT molecular complexity index is 1110. The lowest BCUT2D eigenvalue weighted by Gasteiger charge is -2.09. The smallest absolute Gasteiger partial charge is 0.291 e. The first-order valence-corrected chi connectivity index (χ1v) is 8.90. The van der Waals surface area contributed by atoms with E-state index >= 15 is 0 Å². The van der Waals surface area contributed by atoms with Gasteiger partial charge in [-0.2, -0.15) is 0 Å². The number of nitrogens with zero attached hydrogens (tertiary/aromatic N) is 1. The highest BCUT2D eigenvalue weighted by Crippen LogP contribution is 2.28. The van der Waals surface area contributed by atoms with Crippen molar-refractivity contribution in [3.63, 3.8) is 0 Å². The summed E-state index contributed by atoms with van der Waals surface area (Å²) in [6.07, 6.45) is 1.81. The van der Waals surface area contributed by atoms with Crippen LogP contribution in [0.2, 0.25) is 0 Å². The first-order chi connectivity index (χ1) is 13.1. The third kappa shape index (κ3) is 3.55. The number of benzene rings is 2. The number of fused-ring (bicyclic) bond motifs is 3. The van der Waals surface area contributed by atoms with Crippen molar-refractivity contribution in [3.05, 3.63) is 72.3 Å². The first-order valence-electron chi connectivity index (χ1n) is 8.90. The molecule has 0 saturated heterocycles. The molecule has 0 aliphatic carbocycles. The average Bonchev–Trinajstić information content (AvgIpc) is 3.16. The van der Waals surface area contributed by atoms with Crippen LogP contribution in [0.25, 0.3) is 21.7 Å². The zero-order valence-electron chi connectivity index (χ0n) is 15.2. The van der Waals surface area contributed by atoms with Gasteiger partial charge in [-0.15, -0.1) is 0 Å². The molecule has 0 saturated carbocycles. The average molecular weight is 360 g/mol. The number of carbonyl (C=O) groups excluding carboxylic acids is 1. The summed E-state index contributed by atoms with van der Waals surface area (Å²) in [5.41, 5.74) is 1.56. The van der Waals surface area contributed by atoms with Crippen LogP contribution in [0.1, 0.15) is 30.2 Å². The first kappa shape index (κ1) is 17.2. The van der Waals surface area contributed by atoms with Crippen molar-refractivity contribution >= 4 is 33.3 Å². The van der Waals surface area contributed by atoms with Crippen LogP contribution in [0.3, 0.4) is 0 Å². The van der Waals surface area contributed by atoms with Crippen molar-refractivity contribution < 1.29 is 13.9 Å². The number of hydrogen-bond acceptors (Lipinski definition) is 4. The van der Waals surface area contributed by atoms with E-state index in [0.717, 1.165) is 21.7 Å². The van der Waals surface area contributed by atoms with E-state index in [4.69, 9.17) is 9.15 Å². The molecule has 2 aromatic carbocycles. The highest BCUT2D eigenvalue weighted by molar-refractivity contribution is 6.13. The zero-order valence-corrected chi connectivity index (χ0v) is 15.2. The van der Waals surface area contributed by atoms with Crippen LogP contribution in [0.15, 0.2) is 65.2 Å². The van der Waals surface area contributed by atoms with Gasteiger partial charge in [0.15, 0.2) is 5.76 Å². The molecule has 4 aromatic rings. The van der Waals surface area contributed by atoms with Crippen molar-refractivity contribution in [2.24, 2.45) is 0 Å². The summed E-state index contributed by atoms with van der Waals surface area (Å²) in [4.78, 5) is 17.1. The van der Waals surface area contributed by atoms with Crippen molar-refractivity contribution in [1.29, 1.82) is 0 Å². The van der Waals surface area contributed by atoms with Crippen molar-refractivity contribution in [3.8, 4) is 0 Å². The fourth-order valence-corrected chi connectivity index (χ4v) is 3.01. The van der Waals surface area contributed by atoms with E-state index in [0.29, 0.717) is 18.1 Å². The number of anilines is 1. The van der Waals surface area contributed by atoms with Crippen LogP contribution < -0.4 is 5.32 Å². The Kier molecular flexibility index (Phi) is 4.60. The molecule has 27 heavy (non-hydrogen) atoms. The molecule has 1 amide bonds. The molecule has 0 spiro atoms. The van der Waals surface area contributed by atoms with E-state index in [2.05, 4.69) is 10.3 Å². The van der Waals surface area contributed by atoms with E-state index in [1.54, 1.807) is 24.4 Å². The molecule has 2 aromatic heterocycles. The van der Waals surface area contributed by atoms with Crippen LogP contribution in [0.5, 0.6) is 0 Å². The number of pyridine rings is 1. The van der Waals surface area contributed by atoms with Gasteiger partial charge in [-0.25, -0.2) is 0 Å². The molecule has 5 heteroatoms. The van der Waals surface area contributed by atoms with Gasteiger partial charge in [-0.1, -0.05) is 36.4 Å². The number of amides is 1. The highest BCUT2D eigenvalue weighted by atomic mass is 16.5. The van der Waals surface area contributed by atoms with E-state index < -0.39 is 0 Å². The standard InChI is InChI=1S/C22H20N2O3/c1-14(2)26-13-16-8-10-20(27-16)22(25)24-19-11-12-23-21-17-6-4-3-5-15(17)7-9-18(19)21/h3-12,14H,13H2,1-2H3,(H,23,24,25). The zero-order chi connectivity index (χ0) is 18.8. The largest absolute Gasteiger partial charge is 0.453 e. The van der Waals surface area contributed by atoms with Crippen LogP contribution in [-0.2, 0) is 11.3 Å². The number of ether oxygens (including phenoxy) is 1. The number of carbonyl (C=O) groups is 1. The lowest BCUT2D eigenvalue weighted by atomic mass is 10.1. The van der Waals surface area contributed by atoms with Gasteiger partial charge in [0.25, 0.3) is 5.91 Å². The maximum atomic E-state index is 12.6. The van der Waals surface area contributed by atoms with Crippen LogP contribution in [0, 0.1) is 0 Å². The molecular formula is C22H20N2O3. The Morgan fingerprint density at radius 3 is 2.78 bits per heavy atom. The van der Waals surface area contributed by atoms with Crippen LogP contribution in [-0.4, -0.2) is 17.0 Å². The SMILES string of the molecule is CC(C)OCc1ccc(C(=O)Nc2ccnc3c2ccc2ccccc23)o1. The van der Waals surface area contributed by atoms with Gasteiger partial charge < -0.3 is 14.5 Å². The number of rotatable bonds is 5. The fourth-order valence-electron chi connectivity index (χ4n) is 3.01. The molecule has 136 valence electrons. The fraction of sp³-hybridized carbons (Fsp3) is 0.182. The maximum absolute atomic E-state index is 12.6. The molecule has 0 unspecified atom stereocenters. The Balaban J connectivity index is 1.62. The molecule has 0 radical (unpaired) electrons. The topological polar surface area (TPSA) is 64.4 Å². The summed E-state index contributed by atoms with van der Waals surface area (Å²) in [7, 11) is 0. The minimum atomic E-state index is -0.300. The number of furan rings is 1. The van der Waals surface area contributed by atoms with E-state index in [1.165, 1.54) is 0 Å². The highest BCUT2D eigenvalue weighted by Gasteiger charge is 2.14. The lowest BCUT2D eigenvalue weighted by Crippen LogP contribution is -2.11. The molecule has 0 aliphatic rings. The Morgan fingerprint density at radius 2 is 1.93 bits per heavy atom. The quantitative estimate of drug-likeness (QED) is 0.499. The molecular weight excluding hydrogens is 340 g/mol. The van der Waals surface area contributed by atoms with Gasteiger partial charge in [0.2, 0.25) is 0 Å². The second-order valence-electron chi connectivity index (χ2n) is 6.62. The maximum Gasteiger partial charge on any atom is 0.291 e. The summed E-state index contributed by atoms with van der Waals surface area (Å²) in [6, 6.07) is 17.3. The Morgan fingerprint density at radius 1 is 1.07 bits per heavy atom. The molecule has 5 nitrogen and oxygen atoms in total. The molecule has 4 rings (SSSR count). The van der Waals surface area contributed by atoms with Crippen molar-refractivity contribution in [2.75, 3.05) is 5.32 Å². The van der Waals surface area contributed by atoms with Gasteiger partial charge in [-0.3, -0.25) is 9.78 Å². The summed E-state index contributed by atoms with van der Waals surface area (Å²) in [5, 5.41) is 5.98. The monoisotopic (exact) mass is 360 g/mol. The third-order valence-corrected chi connectivity index (χ3v) is 4.33. The summed E-state index contributed by atoms with van der Waals surface area (Å²) >= 11 is 0. The minimum Gasteiger partial charge on any atom is -0.453 e. The van der Waals surface area contributed by atoms with Crippen LogP contribution >= 0.6 is 0 Å². The van der Waals surface area contributed by atoms with Gasteiger partial charge >= 0.3 is 0 Å². The van der Waals surface area contributed by atoms with E-state index in [9.17, 15) is 4.79 Å². The summed E-state index contributed by atoms with van der Waals surface area (Å²) in [6.45, 7) is 4.25. The van der Waals surface area contributed by atoms with Gasteiger partial charge in [0.1, 0.15) is 12.4 Å². The summed E-state index contributed by atoms with van der Waals surface area (Å²) in [5.74, 6) is 0.578. The number of aromatic nitrogens is 1. The molecule has 2 heterocycles. The van der Waals surface area contributed by atoms with Gasteiger partial charge in [0, 0.05) is 17.0 Å². The van der Waals surface area contributed by atoms with Crippen LogP contribution in [0.4, 0.5) is 5.69 Å². The van der Waals surface area contributed by atoms with Gasteiger partial charge in [0.05, 0.1) is 17.3 Å². The third-order valence-electron chi connectivity index (χ3n) is 4.33. The molecule has 1 N–H and O–H groups in total. The normalized spacial score (nSPS) is 11.4. The Hall–Kier alpha value is -3.18. The predicted molar refractivity (Wildman–Crippen MR) is 106 cm³/mol. The van der Waals surface area contributed by atoms with Crippen molar-refractivity contribution in [2.45, 2.75) is 26.6 Å².